The zero-order chi connectivity index (χ0) is 12.7. The van der Waals surface area contributed by atoms with Crippen molar-refractivity contribution in [2.24, 2.45) is 0 Å². The van der Waals surface area contributed by atoms with Crippen molar-refractivity contribution in [2.45, 2.75) is 40.5 Å². The average Bonchev–Trinajstić information content (AvgIpc) is 2.30. The van der Waals surface area contributed by atoms with Crippen LogP contribution in [0, 0.1) is 6.92 Å². The summed E-state index contributed by atoms with van der Waals surface area (Å²) in [6.07, 6.45) is 2.12. The highest BCUT2D eigenvalue weighted by atomic mass is 16.5. The SMILES string of the molecule is CCCCOc1nc(C)nc(N(CC)CC)n1. The van der Waals surface area contributed by atoms with Crippen molar-refractivity contribution in [3.63, 3.8) is 0 Å². The summed E-state index contributed by atoms with van der Waals surface area (Å²) in [7, 11) is 0. The van der Waals surface area contributed by atoms with Crippen molar-refractivity contribution < 1.29 is 4.74 Å². The standard InChI is InChI=1S/C12H22N4O/c1-5-8-9-17-12-14-10(4)13-11(15-12)16(6-2)7-3/h5-9H2,1-4H3. The van der Waals surface area contributed by atoms with E-state index in [0.717, 1.165) is 25.9 Å². The topological polar surface area (TPSA) is 51.1 Å². The van der Waals surface area contributed by atoms with Gasteiger partial charge in [-0.2, -0.15) is 15.0 Å². The number of hydrogen-bond acceptors (Lipinski definition) is 5. The quantitative estimate of drug-likeness (QED) is 0.682. The lowest BCUT2D eigenvalue weighted by Crippen LogP contribution is -2.25. The second-order valence-electron chi connectivity index (χ2n) is 3.84. The summed E-state index contributed by atoms with van der Waals surface area (Å²) in [5.74, 6) is 1.40. The molecule has 0 saturated carbocycles. The molecule has 0 spiro atoms. The van der Waals surface area contributed by atoms with Gasteiger partial charge in [0, 0.05) is 13.1 Å². The minimum Gasteiger partial charge on any atom is -0.463 e. The largest absolute Gasteiger partial charge is 0.463 e. The van der Waals surface area contributed by atoms with Gasteiger partial charge in [-0.05, 0) is 27.2 Å². The van der Waals surface area contributed by atoms with Crippen molar-refractivity contribution in [2.75, 3.05) is 24.6 Å². The van der Waals surface area contributed by atoms with Crippen LogP contribution < -0.4 is 9.64 Å². The first-order valence-electron chi connectivity index (χ1n) is 6.31. The van der Waals surface area contributed by atoms with Gasteiger partial charge in [-0.15, -0.1) is 0 Å². The van der Waals surface area contributed by atoms with E-state index in [0.29, 0.717) is 24.4 Å². The molecule has 0 saturated heterocycles. The van der Waals surface area contributed by atoms with E-state index in [9.17, 15) is 0 Å². The van der Waals surface area contributed by atoms with Gasteiger partial charge in [0.15, 0.2) is 0 Å². The molecule has 0 aliphatic carbocycles. The summed E-state index contributed by atoms with van der Waals surface area (Å²) < 4.78 is 5.52. The molecule has 0 amide bonds. The maximum atomic E-state index is 5.52. The fourth-order valence-electron chi connectivity index (χ4n) is 1.46. The molecule has 0 atom stereocenters. The molecule has 1 aromatic heterocycles. The summed E-state index contributed by atoms with van der Waals surface area (Å²) in [5, 5.41) is 0. The van der Waals surface area contributed by atoms with Crippen molar-refractivity contribution in [3.05, 3.63) is 5.82 Å². The Bertz CT molecular complexity index is 339. The van der Waals surface area contributed by atoms with E-state index < -0.39 is 0 Å². The molecule has 0 radical (unpaired) electrons. The zero-order valence-electron chi connectivity index (χ0n) is 11.2. The summed E-state index contributed by atoms with van der Waals surface area (Å²) in [5.41, 5.74) is 0. The van der Waals surface area contributed by atoms with Crippen molar-refractivity contribution >= 4 is 5.95 Å². The zero-order valence-corrected chi connectivity index (χ0v) is 11.2. The van der Waals surface area contributed by atoms with Crippen LogP contribution in [0.15, 0.2) is 0 Å². The van der Waals surface area contributed by atoms with Gasteiger partial charge >= 0.3 is 6.01 Å². The van der Waals surface area contributed by atoms with E-state index in [1.807, 2.05) is 6.92 Å². The number of anilines is 1. The Morgan fingerprint density at radius 1 is 1.06 bits per heavy atom. The minimum absolute atomic E-state index is 0.438. The molecule has 1 aromatic rings. The maximum absolute atomic E-state index is 5.52. The predicted molar refractivity (Wildman–Crippen MR) is 68.5 cm³/mol. The molecule has 0 fully saturated rings. The molecule has 0 aliphatic rings. The molecule has 5 nitrogen and oxygen atoms in total. The number of nitrogens with zero attached hydrogens (tertiary/aromatic N) is 4. The molecule has 1 heterocycles. The lowest BCUT2D eigenvalue weighted by molar-refractivity contribution is 0.283. The average molecular weight is 238 g/mol. The Balaban J connectivity index is 2.78. The normalized spacial score (nSPS) is 10.4. The highest BCUT2D eigenvalue weighted by Gasteiger charge is 2.09. The first kappa shape index (κ1) is 13.7. The van der Waals surface area contributed by atoms with Gasteiger partial charge in [-0.1, -0.05) is 13.3 Å². The molecule has 96 valence electrons. The Morgan fingerprint density at radius 3 is 2.35 bits per heavy atom. The van der Waals surface area contributed by atoms with Crippen molar-refractivity contribution in [3.8, 4) is 6.01 Å². The number of hydrogen-bond donors (Lipinski definition) is 0. The fraction of sp³-hybridized carbons (Fsp3) is 0.750. The minimum atomic E-state index is 0.438. The van der Waals surface area contributed by atoms with Crippen LogP contribution in [0.4, 0.5) is 5.95 Å². The van der Waals surface area contributed by atoms with Gasteiger partial charge in [0.2, 0.25) is 5.95 Å². The van der Waals surface area contributed by atoms with E-state index in [-0.39, 0.29) is 0 Å². The molecule has 0 N–H and O–H groups in total. The van der Waals surface area contributed by atoms with E-state index in [1.54, 1.807) is 0 Å². The molecule has 17 heavy (non-hydrogen) atoms. The smallest absolute Gasteiger partial charge is 0.321 e. The second-order valence-corrected chi connectivity index (χ2v) is 3.84. The van der Waals surface area contributed by atoms with E-state index in [4.69, 9.17) is 4.74 Å². The molecular formula is C12H22N4O. The van der Waals surface area contributed by atoms with Crippen LogP contribution in [-0.4, -0.2) is 34.6 Å². The first-order chi connectivity index (χ1) is 8.21. The van der Waals surface area contributed by atoms with Gasteiger partial charge in [-0.3, -0.25) is 0 Å². The van der Waals surface area contributed by atoms with E-state index in [1.165, 1.54) is 0 Å². The molecule has 0 aliphatic heterocycles. The van der Waals surface area contributed by atoms with Crippen LogP contribution in [0.2, 0.25) is 0 Å². The van der Waals surface area contributed by atoms with Crippen LogP contribution in [0.25, 0.3) is 0 Å². The molecular weight excluding hydrogens is 216 g/mol. The van der Waals surface area contributed by atoms with Crippen LogP contribution in [0.5, 0.6) is 6.01 Å². The first-order valence-corrected chi connectivity index (χ1v) is 6.31. The number of aryl methyl sites for hydroxylation is 1. The monoisotopic (exact) mass is 238 g/mol. The van der Waals surface area contributed by atoms with Gasteiger partial charge in [0.05, 0.1) is 6.61 Å². The third-order valence-corrected chi connectivity index (χ3v) is 2.49. The molecule has 0 aromatic carbocycles. The predicted octanol–water partition coefficient (Wildman–Crippen LogP) is 2.21. The van der Waals surface area contributed by atoms with E-state index in [2.05, 4.69) is 40.6 Å². The Kier molecular flexibility index (Phi) is 5.66. The third-order valence-electron chi connectivity index (χ3n) is 2.49. The highest BCUT2D eigenvalue weighted by molar-refractivity contribution is 5.30. The highest BCUT2D eigenvalue weighted by Crippen LogP contribution is 2.12. The number of aromatic nitrogens is 3. The van der Waals surface area contributed by atoms with E-state index >= 15 is 0 Å². The van der Waals surface area contributed by atoms with Crippen LogP contribution in [-0.2, 0) is 0 Å². The maximum Gasteiger partial charge on any atom is 0.321 e. The molecule has 1 rings (SSSR count). The summed E-state index contributed by atoms with van der Waals surface area (Å²) >= 11 is 0. The fourth-order valence-corrected chi connectivity index (χ4v) is 1.46. The van der Waals surface area contributed by atoms with Crippen LogP contribution >= 0.6 is 0 Å². The second kappa shape index (κ2) is 7.04. The third kappa shape index (κ3) is 4.17. The van der Waals surface area contributed by atoms with Gasteiger partial charge in [0.25, 0.3) is 0 Å². The summed E-state index contributed by atoms with van der Waals surface area (Å²) in [6.45, 7) is 10.6. The Morgan fingerprint density at radius 2 is 1.76 bits per heavy atom. The lowest BCUT2D eigenvalue weighted by Gasteiger charge is -2.18. The molecule has 5 heteroatoms. The number of ether oxygens (including phenoxy) is 1. The molecule has 0 bridgehead atoms. The van der Waals surface area contributed by atoms with Crippen LogP contribution in [0.1, 0.15) is 39.4 Å². The summed E-state index contributed by atoms with van der Waals surface area (Å²) in [4.78, 5) is 14.9. The summed E-state index contributed by atoms with van der Waals surface area (Å²) in [6, 6.07) is 0.438. The van der Waals surface area contributed by atoms with Gasteiger partial charge in [-0.25, -0.2) is 0 Å². The number of rotatable bonds is 7. The van der Waals surface area contributed by atoms with Crippen molar-refractivity contribution in [1.82, 2.24) is 15.0 Å². The Labute approximate surface area is 103 Å². The number of unbranched alkanes of at least 4 members (excludes halogenated alkanes) is 1. The Hall–Kier alpha value is -1.39. The lowest BCUT2D eigenvalue weighted by atomic mass is 10.4. The molecule has 0 unspecified atom stereocenters. The van der Waals surface area contributed by atoms with Gasteiger partial charge < -0.3 is 9.64 Å². The van der Waals surface area contributed by atoms with Crippen LogP contribution in [0.3, 0.4) is 0 Å². The van der Waals surface area contributed by atoms with Crippen molar-refractivity contribution in [1.29, 1.82) is 0 Å². The van der Waals surface area contributed by atoms with Gasteiger partial charge in [0.1, 0.15) is 5.82 Å².